The molecule has 0 aliphatic heterocycles. The summed E-state index contributed by atoms with van der Waals surface area (Å²) in [6, 6.07) is 10.5. The van der Waals surface area contributed by atoms with Gasteiger partial charge in [0.25, 0.3) is 0 Å². The summed E-state index contributed by atoms with van der Waals surface area (Å²) in [5.41, 5.74) is 0.684. The second kappa shape index (κ2) is 9.39. The van der Waals surface area contributed by atoms with Crippen molar-refractivity contribution < 1.29 is 23.8 Å². The molecule has 1 aromatic heterocycles. The number of carbonyl (C=O) groups is 2. The molecule has 0 aliphatic carbocycles. The van der Waals surface area contributed by atoms with Crippen molar-refractivity contribution in [1.82, 2.24) is 0 Å². The molecule has 2 aromatic rings. The third-order valence-corrected chi connectivity index (χ3v) is 4.29. The molecule has 0 radical (unpaired) electrons. The molecule has 0 saturated heterocycles. The Kier molecular flexibility index (Phi) is 6.94. The Bertz CT molecular complexity index is 863. The van der Waals surface area contributed by atoms with Crippen LogP contribution in [0.15, 0.2) is 36.4 Å². The largest absolute Gasteiger partial charge is 0.493 e. The molecule has 7 heteroatoms. The Morgan fingerprint density at radius 2 is 2.04 bits per heavy atom. The van der Waals surface area contributed by atoms with E-state index in [2.05, 4.69) is 0 Å². The molecular formula is C19H17NO5S. The smallest absolute Gasteiger partial charge is 0.331 e. The third-order valence-electron chi connectivity index (χ3n) is 3.25. The van der Waals surface area contributed by atoms with Gasteiger partial charge in [-0.05, 0) is 42.8 Å². The topological polar surface area (TPSA) is 85.6 Å². The molecular weight excluding hydrogens is 354 g/mol. The maximum Gasteiger partial charge on any atom is 0.331 e. The van der Waals surface area contributed by atoms with Gasteiger partial charge in [-0.3, -0.25) is 4.79 Å². The number of hydrogen-bond donors (Lipinski definition) is 0. The molecule has 0 fully saturated rings. The fourth-order valence-electron chi connectivity index (χ4n) is 2.02. The highest BCUT2D eigenvalue weighted by Crippen LogP contribution is 2.28. The average Bonchev–Trinajstić information content (AvgIpc) is 3.09. The van der Waals surface area contributed by atoms with Gasteiger partial charge in [0.2, 0.25) is 5.78 Å². The van der Waals surface area contributed by atoms with E-state index in [-0.39, 0.29) is 19.0 Å². The van der Waals surface area contributed by atoms with E-state index in [0.717, 1.165) is 4.88 Å². The fraction of sp³-hybridized carbons (Fsp3) is 0.211. The van der Waals surface area contributed by atoms with Crippen LogP contribution < -0.4 is 9.47 Å². The van der Waals surface area contributed by atoms with Crippen LogP contribution >= 0.6 is 11.3 Å². The van der Waals surface area contributed by atoms with Gasteiger partial charge in [0.15, 0.2) is 24.7 Å². The van der Waals surface area contributed by atoms with Gasteiger partial charge in [-0.1, -0.05) is 6.07 Å². The van der Waals surface area contributed by atoms with Crippen molar-refractivity contribution in [3.05, 3.63) is 51.7 Å². The second-order valence-electron chi connectivity index (χ2n) is 5.13. The summed E-state index contributed by atoms with van der Waals surface area (Å²) in [7, 11) is 1.48. The predicted molar refractivity (Wildman–Crippen MR) is 97.5 cm³/mol. The maximum atomic E-state index is 11.9. The van der Waals surface area contributed by atoms with E-state index in [1.54, 1.807) is 30.3 Å². The van der Waals surface area contributed by atoms with Crippen LogP contribution in [0.2, 0.25) is 0 Å². The van der Waals surface area contributed by atoms with Crippen molar-refractivity contribution in [3.63, 3.8) is 0 Å². The summed E-state index contributed by atoms with van der Waals surface area (Å²) in [4.78, 5) is 25.3. The second-order valence-corrected chi connectivity index (χ2v) is 6.42. The summed E-state index contributed by atoms with van der Waals surface area (Å²) in [6.07, 6.45) is 2.77. The monoisotopic (exact) mass is 371 g/mol. The lowest BCUT2D eigenvalue weighted by molar-refractivity contribution is -0.136. The highest BCUT2D eigenvalue weighted by Gasteiger charge is 2.10. The van der Waals surface area contributed by atoms with Gasteiger partial charge in [-0.25, -0.2) is 4.79 Å². The number of ketones is 1. The number of aryl methyl sites for hydroxylation is 1. The molecule has 0 atom stereocenters. The number of carbonyl (C=O) groups excluding carboxylic acids is 2. The molecule has 2 rings (SSSR count). The molecule has 0 unspecified atom stereocenters. The first-order valence-corrected chi connectivity index (χ1v) is 8.47. The van der Waals surface area contributed by atoms with E-state index in [1.165, 1.54) is 24.5 Å². The van der Waals surface area contributed by atoms with Gasteiger partial charge in [-0.15, -0.1) is 11.3 Å². The molecule has 134 valence electrons. The molecule has 0 N–H and O–H groups in total. The quantitative estimate of drug-likeness (QED) is 0.402. The van der Waals surface area contributed by atoms with Crippen LogP contribution in [0.25, 0.3) is 6.08 Å². The van der Waals surface area contributed by atoms with Gasteiger partial charge in [0.1, 0.15) is 6.07 Å². The van der Waals surface area contributed by atoms with Gasteiger partial charge in [0.05, 0.1) is 12.0 Å². The van der Waals surface area contributed by atoms with Crippen molar-refractivity contribution >= 4 is 29.2 Å². The van der Waals surface area contributed by atoms with E-state index in [4.69, 9.17) is 19.5 Å². The van der Waals surface area contributed by atoms with Crippen LogP contribution in [0.5, 0.6) is 11.5 Å². The fourth-order valence-corrected chi connectivity index (χ4v) is 2.81. The van der Waals surface area contributed by atoms with Gasteiger partial charge < -0.3 is 14.2 Å². The zero-order valence-electron chi connectivity index (χ0n) is 14.4. The van der Waals surface area contributed by atoms with E-state index < -0.39 is 5.97 Å². The number of esters is 1. The summed E-state index contributed by atoms with van der Waals surface area (Å²) in [5.74, 6) is 0.0329. The first-order valence-electron chi connectivity index (χ1n) is 7.65. The van der Waals surface area contributed by atoms with Crippen molar-refractivity contribution in [2.45, 2.75) is 6.92 Å². The summed E-state index contributed by atoms with van der Waals surface area (Å²) in [6.45, 7) is 1.52. The highest BCUT2D eigenvalue weighted by atomic mass is 32.1. The number of rotatable bonds is 8. The SMILES string of the molecule is COc1cc(/C=C/C(=O)OCC(=O)c2ccc(C)s2)ccc1OCC#N. The molecule has 0 amide bonds. The molecule has 0 spiro atoms. The molecule has 1 aromatic carbocycles. The number of Topliss-reactive ketones (excluding diaryl/α,β-unsaturated/α-hetero) is 1. The average molecular weight is 371 g/mol. The number of benzene rings is 1. The minimum atomic E-state index is -0.615. The lowest BCUT2D eigenvalue weighted by Crippen LogP contribution is -2.11. The maximum absolute atomic E-state index is 11.9. The molecule has 0 bridgehead atoms. The Hall–Kier alpha value is -3.11. The van der Waals surface area contributed by atoms with Gasteiger partial charge in [-0.2, -0.15) is 5.26 Å². The van der Waals surface area contributed by atoms with E-state index in [1.807, 2.05) is 19.1 Å². The Labute approximate surface area is 155 Å². The molecule has 0 saturated carbocycles. The number of methoxy groups -OCH3 is 1. The van der Waals surface area contributed by atoms with Crippen LogP contribution in [0.3, 0.4) is 0 Å². The highest BCUT2D eigenvalue weighted by molar-refractivity contribution is 7.14. The van der Waals surface area contributed by atoms with Crippen LogP contribution in [-0.4, -0.2) is 32.1 Å². The molecule has 0 aliphatic rings. The number of nitriles is 1. The molecule has 1 heterocycles. The Morgan fingerprint density at radius 3 is 2.69 bits per heavy atom. The lowest BCUT2D eigenvalue weighted by atomic mass is 10.2. The first kappa shape index (κ1) is 19.2. The number of hydrogen-bond acceptors (Lipinski definition) is 7. The van der Waals surface area contributed by atoms with E-state index in [0.29, 0.717) is 21.9 Å². The number of ether oxygens (including phenoxy) is 3. The number of thiophene rings is 1. The standard InChI is InChI=1S/C19H17NO5S/c1-13-3-7-18(26-13)15(21)12-25-19(22)8-5-14-4-6-16(24-10-9-20)17(11-14)23-2/h3-8,11H,10,12H2,1-2H3/b8-5+. The lowest BCUT2D eigenvalue weighted by Gasteiger charge is -2.08. The predicted octanol–water partition coefficient (Wildman–Crippen LogP) is 3.41. The van der Waals surface area contributed by atoms with Gasteiger partial charge in [0, 0.05) is 11.0 Å². The molecule has 26 heavy (non-hydrogen) atoms. The van der Waals surface area contributed by atoms with Crippen LogP contribution in [-0.2, 0) is 9.53 Å². The van der Waals surface area contributed by atoms with Gasteiger partial charge >= 0.3 is 5.97 Å². The summed E-state index contributed by atoms with van der Waals surface area (Å²) >= 11 is 1.36. The molecule has 6 nitrogen and oxygen atoms in total. The minimum absolute atomic E-state index is 0.0876. The Balaban J connectivity index is 1.93. The van der Waals surface area contributed by atoms with Crippen LogP contribution in [0.4, 0.5) is 0 Å². The Morgan fingerprint density at radius 1 is 1.23 bits per heavy atom. The van der Waals surface area contributed by atoms with Crippen molar-refractivity contribution in [2.75, 3.05) is 20.3 Å². The minimum Gasteiger partial charge on any atom is -0.493 e. The van der Waals surface area contributed by atoms with E-state index >= 15 is 0 Å². The summed E-state index contributed by atoms with van der Waals surface area (Å²) in [5, 5.41) is 8.55. The number of nitrogens with zero attached hydrogens (tertiary/aromatic N) is 1. The zero-order valence-corrected chi connectivity index (χ0v) is 15.2. The summed E-state index contributed by atoms with van der Waals surface area (Å²) < 4.78 is 15.4. The van der Waals surface area contributed by atoms with Crippen molar-refractivity contribution in [3.8, 4) is 17.6 Å². The van der Waals surface area contributed by atoms with Crippen LogP contribution in [0, 0.1) is 18.3 Å². The normalized spacial score (nSPS) is 10.3. The zero-order chi connectivity index (χ0) is 18.9. The van der Waals surface area contributed by atoms with Crippen molar-refractivity contribution in [2.24, 2.45) is 0 Å². The van der Waals surface area contributed by atoms with Crippen LogP contribution in [0.1, 0.15) is 20.1 Å². The third kappa shape index (κ3) is 5.46. The van der Waals surface area contributed by atoms with E-state index in [9.17, 15) is 9.59 Å². The first-order chi connectivity index (χ1) is 12.5. The van der Waals surface area contributed by atoms with Crippen molar-refractivity contribution in [1.29, 1.82) is 5.26 Å².